The Hall–Kier alpha value is -4.88. The zero-order valence-electron chi connectivity index (χ0n) is 39.5. The molecule has 3 aliphatic rings. The summed E-state index contributed by atoms with van der Waals surface area (Å²) < 4.78 is 116. The molecule has 41 heteroatoms. The molecular formula is C35H48N13O24P4+. The minimum absolute atomic E-state index is 0.00892. The van der Waals surface area contributed by atoms with Gasteiger partial charge in [-0.1, -0.05) is 4.98 Å². The summed E-state index contributed by atoms with van der Waals surface area (Å²) in [6.07, 6.45) is -14.0. The fourth-order valence-electron chi connectivity index (χ4n) is 8.81. The molecule has 16 atom stereocenters. The smallest absolute Gasteiger partial charge is 0.387 e. The van der Waals surface area contributed by atoms with Crippen molar-refractivity contribution >= 4 is 76.4 Å². The summed E-state index contributed by atoms with van der Waals surface area (Å²) in [5.41, 5.74) is 11.2. The molecule has 0 bridgehead atoms. The number of hydrogen-bond donors (Lipinski definition) is 11. The molecule has 0 radical (unpaired) electrons. The quantitative estimate of drug-likeness (QED) is 0.0273. The number of aromatic amines is 2. The number of aryl methyl sites for hydroxylation is 2. The van der Waals surface area contributed by atoms with E-state index in [1.165, 1.54) is 44.0 Å². The molecule has 7 unspecified atom stereocenters. The molecule has 416 valence electrons. The SMILES string of the molecule is CO[C@@H]1C(O)[C@H]([n+]2cn(C)c3c(=O)[nH]c(N)nc32)O[C@@H]1COP(=O)(O)OP(=O)(O)OP(=O)(O)OC[C@H]1O[C@@H](n2cnc3c(N)ncnc32)[C@@H](OC)C1OP(=O)(O)OC[C@H]1O[C@@H](n2cnc3c(=O)[nH]c(C)cc32)[C@@H](O)C1O. The molecule has 13 N–H and O–H groups in total. The van der Waals surface area contributed by atoms with Crippen LogP contribution in [0.25, 0.3) is 33.4 Å². The number of nitrogen functional groups attached to an aromatic ring is 2. The van der Waals surface area contributed by atoms with Crippen LogP contribution >= 0.6 is 31.3 Å². The molecule has 6 aromatic rings. The van der Waals surface area contributed by atoms with Gasteiger partial charge in [-0.25, -0.2) is 42.8 Å². The topological polar surface area (TPSA) is 512 Å². The van der Waals surface area contributed by atoms with Gasteiger partial charge in [-0.05, 0) is 13.0 Å². The Morgan fingerprint density at radius 3 is 1.99 bits per heavy atom. The number of nitrogens with zero attached hydrogens (tertiary/aromatic N) is 9. The predicted octanol–water partition coefficient (Wildman–Crippen LogP) is -2.73. The monoisotopic (exact) mass is 1160 g/mol. The second-order valence-electron chi connectivity index (χ2n) is 17.1. The summed E-state index contributed by atoms with van der Waals surface area (Å²) in [5.74, 6) is -0.347. The predicted molar refractivity (Wildman–Crippen MR) is 246 cm³/mol. The highest BCUT2D eigenvalue weighted by Crippen LogP contribution is 2.68. The van der Waals surface area contributed by atoms with E-state index in [-0.39, 0.29) is 45.1 Å². The average molecular weight is 1160 g/mol. The fraction of sp³-hybridized carbons (Fsp3) is 0.543. The first-order valence-corrected chi connectivity index (χ1v) is 27.9. The summed E-state index contributed by atoms with van der Waals surface area (Å²) in [4.78, 5) is 92.8. The number of aromatic nitrogens is 11. The minimum Gasteiger partial charge on any atom is -0.387 e. The van der Waals surface area contributed by atoms with Crippen LogP contribution < -0.4 is 27.2 Å². The lowest BCUT2D eigenvalue weighted by Gasteiger charge is -2.26. The minimum atomic E-state index is -6.17. The van der Waals surface area contributed by atoms with Gasteiger partial charge in [0.2, 0.25) is 11.7 Å². The number of phosphoric ester groups is 3. The van der Waals surface area contributed by atoms with Crippen molar-refractivity contribution in [2.45, 2.75) is 80.5 Å². The molecule has 9 heterocycles. The number of rotatable bonds is 20. The molecule has 3 aliphatic heterocycles. The fourth-order valence-corrected chi connectivity index (χ4v) is 13.3. The molecule has 0 amide bonds. The molecule has 3 fully saturated rings. The lowest BCUT2D eigenvalue weighted by atomic mass is 10.1. The van der Waals surface area contributed by atoms with Crippen molar-refractivity contribution in [3.05, 3.63) is 57.8 Å². The molecule has 3 saturated heterocycles. The number of hydrogen-bond acceptors (Lipinski definition) is 27. The molecule has 0 aromatic carbocycles. The van der Waals surface area contributed by atoms with E-state index in [4.69, 9.17) is 53.2 Å². The molecule has 37 nitrogen and oxygen atoms in total. The largest absolute Gasteiger partial charge is 0.490 e. The number of methoxy groups -OCH3 is 2. The van der Waals surface area contributed by atoms with Crippen LogP contribution in [0.3, 0.4) is 0 Å². The first-order valence-electron chi connectivity index (χ1n) is 21.9. The zero-order valence-corrected chi connectivity index (χ0v) is 43.1. The van der Waals surface area contributed by atoms with E-state index >= 15 is 0 Å². The van der Waals surface area contributed by atoms with Crippen LogP contribution in [0.2, 0.25) is 0 Å². The summed E-state index contributed by atoms with van der Waals surface area (Å²) >= 11 is 0. The van der Waals surface area contributed by atoms with E-state index in [0.717, 1.165) is 26.9 Å². The number of imidazole rings is 3. The van der Waals surface area contributed by atoms with Gasteiger partial charge in [0, 0.05) is 19.9 Å². The Kier molecular flexibility index (Phi) is 15.5. The normalized spacial score (nSPS) is 30.2. The third-order valence-electron chi connectivity index (χ3n) is 12.1. The van der Waals surface area contributed by atoms with E-state index in [1.54, 1.807) is 6.92 Å². The number of aliphatic hydroxyl groups is 3. The number of ether oxygens (including phenoxy) is 5. The van der Waals surface area contributed by atoms with Crippen molar-refractivity contribution in [3.63, 3.8) is 0 Å². The molecule has 0 saturated carbocycles. The van der Waals surface area contributed by atoms with Crippen LogP contribution in [-0.2, 0) is 75.7 Å². The third kappa shape index (κ3) is 11.1. The van der Waals surface area contributed by atoms with E-state index in [1.807, 2.05) is 0 Å². The van der Waals surface area contributed by atoms with E-state index in [9.17, 15) is 62.7 Å². The van der Waals surface area contributed by atoms with Gasteiger partial charge in [0.15, 0.2) is 35.8 Å². The van der Waals surface area contributed by atoms with Gasteiger partial charge in [-0.2, -0.15) is 8.62 Å². The van der Waals surface area contributed by atoms with Crippen molar-refractivity contribution in [1.82, 2.24) is 48.6 Å². The number of nitrogens with two attached hydrogens (primary N) is 2. The lowest BCUT2D eigenvalue weighted by molar-refractivity contribution is -0.745. The Labute approximate surface area is 423 Å². The Bertz CT molecular complexity index is 3480. The van der Waals surface area contributed by atoms with Crippen LogP contribution in [-0.4, -0.2) is 172 Å². The molecule has 0 aliphatic carbocycles. The van der Waals surface area contributed by atoms with Crippen LogP contribution in [0.15, 0.2) is 41.0 Å². The molecule has 9 rings (SSSR count). The van der Waals surface area contributed by atoms with Gasteiger partial charge in [-0.3, -0.25) is 41.8 Å². The highest BCUT2D eigenvalue weighted by Gasteiger charge is 2.54. The van der Waals surface area contributed by atoms with Gasteiger partial charge >= 0.3 is 36.9 Å². The molecule has 76 heavy (non-hydrogen) atoms. The maximum atomic E-state index is 13.7. The first-order chi connectivity index (χ1) is 35.7. The Morgan fingerprint density at radius 1 is 0.711 bits per heavy atom. The number of aliphatic hydroxyl groups excluding tert-OH is 3. The third-order valence-corrected chi connectivity index (χ3v) is 17.3. The van der Waals surface area contributed by atoms with Crippen LogP contribution in [0.5, 0.6) is 0 Å². The van der Waals surface area contributed by atoms with Crippen LogP contribution in [0, 0.1) is 6.92 Å². The molecular weight excluding hydrogens is 1110 g/mol. The highest BCUT2D eigenvalue weighted by molar-refractivity contribution is 7.66. The molecule has 0 spiro atoms. The van der Waals surface area contributed by atoms with E-state index < -0.39 is 136 Å². The van der Waals surface area contributed by atoms with Crippen molar-refractivity contribution in [2.24, 2.45) is 7.05 Å². The van der Waals surface area contributed by atoms with Crippen LogP contribution in [0.1, 0.15) is 24.4 Å². The van der Waals surface area contributed by atoms with Crippen LogP contribution in [0.4, 0.5) is 11.8 Å². The van der Waals surface area contributed by atoms with Gasteiger partial charge < -0.3 is 79.6 Å². The van der Waals surface area contributed by atoms with Gasteiger partial charge in [-0.15, -0.1) is 0 Å². The Balaban J connectivity index is 0.866. The van der Waals surface area contributed by atoms with Crippen molar-refractivity contribution < 1.29 is 108 Å². The second-order valence-corrected chi connectivity index (χ2v) is 23.1. The van der Waals surface area contributed by atoms with Crippen molar-refractivity contribution in [3.8, 4) is 0 Å². The van der Waals surface area contributed by atoms with Crippen molar-refractivity contribution in [2.75, 3.05) is 45.5 Å². The number of pyridine rings is 1. The summed E-state index contributed by atoms with van der Waals surface area (Å²) in [5, 5.41) is 32.9. The standard InChI is InChI=1S/C35H47N13O24P4/c1-13-5-14-18(30(52)42-13)40-10-46(14)32-22(50)21(49)15(67-32)6-64-73(54,55)70-25-17(69-34(26(25)63-4)47-11-41-19-27(36)38-9-39-28(19)47)8-66-75(58,59)72-76(60,61)71-74(56,57)65-7-16-24(62-3)23(51)33(68-16)48-12-45(2)20-29(48)43-35(37)44-31(20)53/h5,9-12,15-17,21-26,32-34,49-51H,6-8H2,1-4H3,(H9-,36,37,38,39,42,43,44,52,53,54,55,56,57,58,59,60,61)/p+1/t15-,16-,17-,21?,22+,23?,24+,25?,26+,32-,33-,34-/m1/s1. The number of fused-ring (bicyclic) bond motifs is 3. The summed E-state index contributed by atoms with van der Waals surface area (Å²) in [6, 6.07) is 1.54. The highest BCUT2D eigenvalue weighted by atomic mass is 31.3. The number of H-pyrrole nitrogens is 2. The number of phosphoric acid groups is 4. The van der Waals surface area contributed by atoms with Gasteiger partial charge in [0.25, 0.3) is 17.1 Å². The Morgan fingerprint density at radius 2 is 1.32 bits per heavy atom. The summed E-state index contributed by atoms with van der Waals surface area (Å²) in [7, 11) is -19.6. The number of anilines is 2. The maximum absolute atomic E-state index is 13.7. The zero-order chi connectivity index (χ0) is 55.0. The van der Waals surface area contributed by atoms with Gasteiger partial charge in [0.1, 0.15) is 66.8 Å². The first kappa shape index (κ1) is 55.9. The van der Waals surface area contributed by atoms with E-state index in [2.05, 4.69) is 43.5 Å². The summed E-state index contributed by atoms with van der Waals surface area (Å²) in [6.45, 7) is -1.58. The molecule has 6 aromatic heterocycles. The maximum Gasteiger partial charge on any atom is 0.490 e. The number of nitrogens with one attached hydrogen (secondary N) is 2. The lowest BCUT2D eigenvalue weighted by Crippen LogP contribution is -2.46. The second kappa shape index (κ2) is 21.1. The van der Waals surface area contributed by atoms with Gasteiger partial charge in [0.05, 0.1) is 45.0 Å². The van der Waals surface area contributed by atoms with E-state index in [0.29, 0.717) is 5.69 Å². The average Bonchev–Trinajstić information content (AvgIpc) is 4.20. The van der Waals surface area contributed by atoms with Crippen molar-refractivity contribution in [1.29, 1.82) is 0 Å².